The van der Waals surface area contributed by atoms with Gasteiger partial charge in [-0.15, -0.1) is 0 Å². The van der Waals surface area contributed by atoms with E-state index in [-0.39, 0.29) is 5.91 Å². The normalized spacial score (nSPS) is 10.8. The summed E-state index contributed by atoms with van der Waals surface area (Å²) in [7, 11) is 0. The van der Waals surface area contributed by atoms with Crippen LogP contribution in [0.3, 0.4) is 0 Å². The number of amides is 2. The van der Waals surface area contributed by atoms with Gasteiger partial charge >= 0.3 is 0 Å². The summed E-state index contributed by atoms with van der Waals surface area (Å²) < 4.78 is 2.12. The molecule has 1 aromatic heterocycles. The summed E-state index contributed by atoms with van der Waals surface area (Å²) in [5.74, 6) is -0.712. The van der Waals surface area contributed by atoms with Crippen LogP contribution in [-0.2, 0) is 0 Å². The largest absolute Gasteiger partial charge is 0.366 e. The maximum Gasteiger partial charge on any atom is 0.257 e. The lowest BCUT2D eigenvalue weighted by Crippen LogP contribution is -2.15. The molecule has 1 aromatic carbocycles. The molecule has 116 valence electrons. The molecule has 3 N–H and O–H groups in total. The number of nitrogens with zero attached hydrogens (tertiary/aromatic N) is 1. The zero-order valence-electron chi connectivity index (χ0n) is 13.3. The van der Waals surface area contributed by atoms with E-state index in [1.807, 2.05) is 19.9 Å². The third-order valence-corrected chi connectivity index (χ3v) is 3.65. The van der Waals surface area contributed by atoms with Gasteiger partial charge in [-0.1, -0.05) is 6.07 Å². The summed E-state index contributed by atoms with van der Waals surface area (Å²) in [6, 6.07) is 8.77. The zero-order chi connectivity index (χ0) is 16.4. The Morgan fingerprint density at radius 3 is 2.41 bits per heavy atom. The molecule has 0 atom stereocenters. The van der Waals surface area contributed by atoms with E-state index >= 15 is 0 Å². The van der Waals surface area contributed by atoms with Gasteiger partial charge in [0, 0.05) is 28.7 Å². The van der Waals surface area contributed by atoms with Crippen molar-refractivity contribution in [3.05, 3.63) is 52.8 Å². The molecule has 0 fully saturated rings. The van der Waals surface area contributed by atoms with Gasteiger partial charge in [0.1, 0.15) is 0 Å². The van der Waals surface area contributed by atoms with Crippen molar-refractivity contribution in [2.24, 2.45) is 5.73 Å². The molecule has 0 bridgehead atoms. The lowest BCUT2D eigenvalue weighted by Gasteiger charge is -2.13. The molecule has 0 aliphatic carbocycles. The molecular formula is C17H21N3O2. The lowest BCUT2D eigenvalue weighted by atomic mass is 10.1. The Balaban J connectivity index is 2.28. The molecule has 5 nitrogen and oxygen atoms in total. The molecule has 0 spiro atoms. The second kappa shape index (κ2) is 6.05. The molecule has 0 aliphatic rings. The van der Waals surface area contributed by atoms with E-state index in [2.05, 4.69) is 23.7 Å². The molecule has 2 aromatic rings. The predicted molar refractivity (Wildman–Crippen MR) is 87.2 cm³/mol. The number of rotatable bonds is 4. The second-order valence-electron chi connectivity index (χ2n) is 5.65. The summed E-state index contributed by atoms with van der Waals surface area (Å²) in [5, 5.41) is 2.81. The Bertz CT molecular complexity index is 730. The number of nitrogens with one attached hydrogen (secondary N) is 1. The fourth-order valence-corrected chi connectivity index (χ4v) is 2.75. The summed E-state index contributed by atoms with van der Waals surface area (Å²) >= 11 is 0. The predicted octanol–water partition coefficient (Wildman–Crippen LogP) is 3.04. The number of anilines is 1. The monoisotopic (exact) mass is 299 g/mol. The fourth-order valence-electron chi connectivity index (χ4n) is 2.75. The van der Waals surface area contributed by atoms with Gasteiger partial charge in [0.05, 0.1) is 5.56 Å². The van der Waals surface area contributed by atoms with Crippen molar-refractivity contribution >= 4 is 17.5 Å². The number of hydrogen-bond acceptors (Lipinski definition) is 2. The first-order chi connectivity index (χ1) is 10.3. The number of benzene rings is 1. The maximum absolute atomic E-state index is 12.5. The van der Waals surface area contributed by atoms with Crippen LogP contribution in [0.1, 0.15) is 52.0 Å². The number of nitrogens with two attached hydrogens (primary N) is 1. The highest BCUT2D eigenvalue weighted by atomic mass is 16.2. The average molecular weight is 299 g/mol. The van der Waals surface area contributed by atoms with Gasteiger partial charge in [-0.2, -0.15) is 0 Å². The number of carbonyl (C=O) groups is 2. The van der Waals surface area contributed by atoms with Crippen LogP contribution in [0.5, 0.6) is 0 Å². The van der Waals surface area contributed by atoms with E-state index in [0.29, 0.717) is 22.9 Å². The topological polar surface area (TPSA) is 77.1 Å². The average Bonchev–Trinajstić information content (AvgIpc) is 2.74. The molecule has 0 saturated heterocycles. The molecule has 1 heterocycles. The van der Waals surface area contributed by atoms with E-state index in [4.69, 9.17) is 5.73 Å². The van der Waals surface area contributed by atoms with E-state index in [0.717, 1.165) is 11.4 Å². The first-order valence-electron chi connectivity index (χ1n) is 7.21. The van der Waals surface area contributed by atoms with Crippen molar-refractivity contribution in [1.29, 1.82) is 0 Å². The lowest BCUT2D eigenvalue weighted by molar-refractivity contribution is 0.0996. The van der Waals surface area contributed by atoms with Crippen LogP contribution in [0.25, 0.3) is 0 Å². The highest BCUT2D eigenvalue weighted by Gasteiger charge is 2.17. The van der Waals surface area contributed by atoms with Crippen molar-refractivity contribution in [3.8, 4) is 0 Å². The maximum atomic E-state index is 12.5. The number of aromatic nitrogens is 1. The van der Waals surface area contributed by atoms with Gasteiger partial charge in [0.15, 0.2) is 0 Å². The van der Waals surface area contributed by atoms with Gasteiger partial charge in [0.2, 0.25) is 5.91 Å². The van der Waals surface area contributed by atoms with Gasteiger partial charge in [0.25, 0.3) is 5.91 Å². The second-order valence-corrected chi connectivity index (χ2v) is 5.65. The third kappa shape index (κ3) is 3.03. The molecular weight excluding hydrogens is 278 g/mol. The van der Waals surface area contributed by atoms with Gasteiger partial charge in [-0.25, -0.2) is 0 Å². The molecule has 2 rings (SSSR count). The van der Waals surface area contributed by atoms with Gasteiger partial charge in [-0.05, 0) is 52.0 Å². The van der Waals surface area contributed by atoms with Crippen molar-refractivity contribution < 1.29 is 9.59 Å². The number of aryl methyl sites for hydroxylation is 1. The van der Waals surface area contributed by atoms with Crippen LogP contribution < -0.4 is 11.1 Å². The highest BCUT2D eigenvalue weighted by molar-refractivity contribution is 6.06. The Labute approximate surface area is 130 Å². The minimum atomic E-state index is -0.519. The van der Waals surface area contributed by atoms with Crippen LogP contribution in [-0.4, -0.2) is 16.4 Å². The number of primary amides is 1. The number of carbonyl (C=O) groups excluding carboxylic acids is 2. The van der Waals surface area contributed by atoms with Crippen molar-refractivity contribution in [2.45, 2.75) is 33.7 Å². The Kier molecular flexibility index (Phi) is 4.35. The summed E-state index contributed by atoms with van der Waals surface area (Å²) in [6.45, 7) is 8.08. The molecule has 5 heteroatoms. The van der Waals surface area contributed by atoms with E-state index < -0.39 is 5.91 Å². The Morgan fingerprint density at radius 2 is 1.86 bits per heavy atom. The SMILES string of the molecule is Cc1cc(C(=O)Nc2cccc(C(N)=O)c2)c(C)n1C(C)C. The fraction of sp³-hybridized carbons (Fsp3) is 0.294. The quantitative estimate of drug-likeness (QED) is 0.910. The van der Waals surface area contributed by atoms with Crippen LogP contribution in [0.15, 0.2) is 30.3 Å². The molecule has 0 radical (unpaired) electrons. The molecule has 0 saturated carbocycles. The number of hydrogen-bond donors (Lipinski definition) is 2. The highest BCUT2D eigenvalue weighted by Crippen LogP contribution is 2.21. The third-order valence-electron chi connectivity index (χ3n) is 3.65. The van der Waals surface area contributed by atoms with Gasteiger partial charge < -0.3 is 15.6 Å². The van der Waals surface area contributed by atoms with Crippen LogP contribution in [0, 0.1) is 13.8 Å². The summed E-state index contributed by atoms with van der Waals surface area (Å²) in [5.41, 5.74) is 8.77. The minimum Gasteiger partial charge on any atom is -0.366 e. The smallest absolute Gasteiger partial charge is 0.257 e. The molecule has 0 unspecified atom stereocenters. The van der Waals surface area contributed by atoms with E-state index in [1.54, 1.807) is 24.3 Å². The van der Waals surface area contributed by atoms with E-state index in [9.17, 15) is 9.59 Å². The van der Waals surface area contributed by atoms with Crippen LogP contribution in [0.2, 0.25) is 0 Å². The van der Waals surface area contributed by atoms with Crippen molar-refractivity contribution in [1.82, 2.24) is 4.57 Å². The van der Waals surface area contributed by atoms with Crippen LogP contribution >= 0.6 is 0 Å². The Morgan fingerprint density at radius 1 is 1.18 bits per heavy atom. The van der Waals surface area contributed by atoms with Crippen LogP contribution in [0.4, 0.5) is 5.69 Å². The zero-order valence-corrected chi connectivity index (χ0v) is 13.3. The Hall–Kier alpha value is -2.56. The molecule has 2 amide bonds. The molecule has 22 heavy (non-hydrogen) atoms. The van der Waals surface area contributed by atoms with Gasteiger partial charge in [-0.3, -0.25) is 9.59 Å². The summed E-state index contributed by atoms with van der Waals surface area (Å²) in [4.78, 5) is 23.7. The van der Waals surface area contributed by atoms with Crippen molar-refractivity contribution in [2.75, 3.05) is 5.32 Å². The van der Waals surface area contributed by atoms with E-state index in [1.165, 1.54) is 0 Å². The summed E-state index contributed by atoms with van der Waals surface area (Å²) in [6.07, 6.45) is 0. The first-order valence-corrected chi connectivity index (χ1v) is 7.21. The molecule has 0 aliphatic heterocycles. The standard InChI is InChI=1S/C17H21N3O2/c1-10(2)20-11(3)8-15(12(20)4)17(22)19-14-7-5-6-13(9-14)16(18)21/h5-10H,1-4H3,(H2,18,21)(H,19,22). The first kappa shape index (κ1) is 15.8. The van der Waals surface area contributed by atoms with Crippen molar-refractivity contribution in [3.63, 3.8) is 0 Å². The minimum absolute atomic E-state index is 0.193.